The SMILES string of the molecule is Cc1ccc(C(=O)Nc2ccc(C)c(N(C)C)c2)c(F)c1. The average Bonchev–Trinajstić information content (AvgIpc) is 2.40. The quantitative estimate of drug-likeness (QED) is 0.931. The summed E-state index contributed by atoms with van der Waals surface area (Å²) in [5.41, 5.74) is 3.60. The smallest absolute Gasteiger partial charge is 0.258 e. The molecule has 0 unspecified atom stereocenters. The molecule has 0 heterocycles. The summed E-state index contributed by atoms with van der Waals surface area (Å²) in [6.07, 6.45) is 0. The maximum atomic E-state index is 13.8. The van der Waals surface area contributed by atoms with Gasteiger partial charge in [0.15, 0.2) is 0 Å². The molecule has 0 atom stereocenters. The van der Waals surface area contributed by atoms with Crippen LogP contribution in [0.1, 0.15) is 21.5 Å². The second-order valence-corrected chi connectivity index (χ2v) is 5.33. The number of rotatable bonds is 3. The number of amides is 1. The molecule has 2 aromatic rings. The Morgan fingerprint density at radius 2 is 1.81 bits per heavy atom. The molecule has 0 saturated heterocycles. The zero-order chi connectivity index (χ0) is 15.6. The lowest BCUT2D eigenvalue weighted by Crippen LogP contribution is -2.15. The third-order valence-electron chi connectivity index (χ3n) is 3.32. The van der Waals surface area contributed by atoms with E-state index >= 15 is 0 Å². The van der Waals surface area contributed by atoms with Gasteiger partial charge in [-0.3, -0.25) is 4.79 Å². The topological polar surface area (TPSA) is 32.3 Å². The van der Waals surface area contributed by atoms with E-state index in [0.29, 0.717) is 5.69 Å². The number of halogens is 1. The first-order valence-corrected chi connectivity index (χ1v) is 6.74. The Kier molecular flexibility index (Phi) is 4.26. The van der Waals surface area contributed by atoms with Crippen LogP contribution in [-0.4, -0.2) is 20.0 Å². The number of hydrogen-bond donors (Lipinski definition) is 1. The lowest BCUT2D eigenvalue weighted by Gasteiger charge is -2.17. The molecule has 3 nitrogen and oxygen atoms in total. The van der Waals surface area contributed by atoms with Crippen LogP contribution in [0.15, 0.2) is 36.4 Å². The van der Waals surface area contributed by atoms with Gasteiger partial charge in [0.2, 0.25) is 0 Å². The Bertz CT molecular complexity index is 680. The molecule has 0 aliphatic rings. The van der Waals surface area contributed by atoms with E-state index < -0.39 is 11.7 Å². The van der Waals surface area contributed by atoms with Crippen molar-refractivity contribution in [2.45, 2.75) is 13.8 Å². The number of nitrogens with zero attached hydrogens (tertiary/aromatic N) is 1. The van der Waals surface area contributed by atoms with E-state index in [4.69, 9.17) is 0 Å². The van der Waals surface area contributed by atoms with Gasteiger partial charge in [0, 0.05) is 25.5 Å². The van der Waals surface area contributed by atoms with Gasteiger partial charge in [-0.05, 0) is 49.2 Å². The van der Waals surface area contributed by atoms with Crippen LogP contribution < -0.4 is 10.2 Å². The van der Waals surface area contributed by atoms with E-state index in [1.54, 1.807) is 13.0 Å². The van der Waals surface area contributed by atoms with Gasteiger partial charge in [-0.2, -0.15) is 0 Å². The van der Waals surface area contributed by atoms with Gasteiger partial charge < -0.3 is 10.2 Å². The van der Waals surface area contributed by atoms with Gasteiger partial charge in [-0.1, -0.05) is 12.1 Å². The van der Waals surface area contributed by atoms with Crippen LogP contribution in [0.3, 0.4) is 0 Å². The summed E-state index contributed by atoms with van der Waals surface area (Å²) >= 11 is 0. The normalized spacial score (nSPS) is 10.3. The maximum Gasteiger partial charge on any atom is 0.258 e. The Hall–Kier alpha value is -2.36. The standard InChI is InChI=1S/C17H19FN2O/c1-11-5-8-14(15(18)9-11)17(21)19-13-7-6-12(2)16(10-13)20(3)4/h5-10H,1-4H3,(H,19,21). The largest absolute Gasteiger partial charge is 0.377 e. The zero-order valence-electron chi connectivity index (χ0n) is 12.7. The molecule has 1 amide bonds. The molecule has 2 aromatic carbocycles. The van der Waals surface area contributed by atoms with Crippen LogP contribution in [0.25, 0.3) is 0 Å². The summed E-state index contributed by atoms with van der Waals surface area (Å²) in [4.78, 5) is 14.1. The van der Waals surface area contributed by atoms with Gasteiger partial charge in [-0.15, -0.1) is 0 Å². The number of hydrogen-bond acceptors (Lipinski definition) is 2. The monoisotopic (exact) mass is 286 g/mol. The molecule has 0 aliphatic carbocycles. The first-order chi connectivity index (χ1) is 9.88. The van der Waals surface area contributed by atoms with Crippen molar-refractivity contribution < 1.29 is 9.18 Å². The van der Waals surface area contributed by atoms with Crippen molar-refractivity contribution in [1.29, 1.82) is 0 Å². The van der Waals surface area contributed by atoms with Crippen molar-refractivity contribution in [3.05, 3.63) is 58.9 Å². The fraction of sp³-hybridized carbons (Fsp3) is 0.235. The molecule has 4 heteroatoms. The molecular weight excluding hydrogens is 267 g/mol. The number of carbonyl (C=O) groups excluding carboxylic acids is 1. The fourth-order valence-corrected chi connectivity index (χ4v) is 2.17. The third-order valence-corrected chi connectivity index (χ3v) is 3.32. The van der Waals surface area contributed by atoms with Gasteiger partial charge >= 0.3 is 0 Å². The second kappa shape index (κ2) is 5.95. The summed E-state index contributed by atoms with van der Waals surface area (Å²) in [5, 5.41) is 2.74. The Balaban J connectivity index is 2.25. The summed E-state index contributed by atoms with van der Waals surface area (Å²) in [6, 6.07) is 10.2. The third kappa shape index (κ3) is 3.40. The van der Waals surface area contributed by atoms with Crippen LogP contribution in [0.2, 0.25) is 0 Å². The highest BCUT2D eigenvalue weighted by molar-refractivity contribution is 6.04. The highest BCUT2D eigenvalue weighted by atomic mass is 19.1. The van der Waals surface area contributed by atoms with Crippen molar-refractivity contribution in [3.63, 3.8) is 0 Å². The number of anilines is 2. The van der Waals surface area contributed by atoms with E-state index in [-0.39, 0.29) is 5.56 Å². The molecule has 110 valence electrons. The van der Waals surface area contributed by atoms with E-state index in [1.807, 2.05) is 44.1 Å². The molecule has 0 aliphatic heterocycles. The molecular formula is C17H19FN2O. The number of aryl methyl sites for hydroxylation is 2. The molecule has 1 N–H and O–H groups in total. The van der Waals surface area contributed by atoms with Gasteiger partial charge in [0.25, 0.3) is 5.91 Å². The first-order valence-electron chi connectivity index (χ1n) is 6.74. The van der Waals surface area contributed by atoms with Gasteiger partial charge in [0.1, 0.15) is 5.82 Å². The van der Waals surface area contributed by atoms with Gasteiger partial charge in [-0.25, -0.2) is 4.39 Å². The summed E-state index contributed by atoms with van der Waals surface area (Å²) in [7, 11) is 3.88. The van der Waals surface area contributed by atoms with Crippen LogP contribution in [0.5, 0.6) is 0 Å². The molecule has 21 heavy (non-hydrogen) atoms. The molecule has 2 rings (SSSR count). The van der Waals surface area contributed by atoms with Crippen LogP contribution in [0.4, 0.5) is 15.8 Å². The predicted octanol–water partition coefficient (Wildman–Crippen LogP) is 3.76. The van der Waals surface area contributed by atoms with Gasteiger partial charge in [0.05, 0.1) is 5.56 Å². The predicted molar refractivity (Wildman–Crippen MR) is 84.6 cm³/mol. The zero-order valence-corrected chi connectivity index (χ0v) is 12.7. The summed E-state index contributed by atoms with van der Waals surface area (Å²) in [5.74, 6) is -0.950. The van der Waals surface area contributed by atoms with E-state index in [2.05, 4.69) is 5.32 Å². The number of benzene rings is 2. The maximum absolute atomic E-state index is 13.8. The van der Waals surface area contributed by atoms with Crippen molar-refractivity contribution in [2.75, 3.05) is 24.3 Å². The molecule has 0 spiro atoms. The van der Waals surface area contributed by atoms with Crippen LogP contribution in [0, 0.1) is 19.7 Å². The lowest BCUT2D eigenvalue weighted by atomic mass is 10.1. The van der Waals surface area contributed by atoms with Crippen molar-refractivity contribution in [3.8, 4) is 0 Å². The van der Waals surface area contributed by atoms with Crippen molar-refractivity contribution in [2.24, 2.45) is 0 Å². The Labute approximate surface area is 124 Å². The Morgan fingerprint density at radius 3 is 2.43 bits per heavy atom. The summed E-state index contributed by atoms with van der Waals surface area (Å²) in [6.45, 7) is 3.79. The number of carbonyl (C=O) groups is 1. The molecule has 0 aromatic heterocycles. The summed E-state index contributed by atoms with van der Waals surface area (Å²) < 4.78 is 13.8. The minimum atomic E-state index is -0.507. The molecule has 0 fully saturated rings. The lowest BCUT2D eigenvalue weighted by molar-refractivity contribution is 0.102. The highest BCUT2D eigenvalue weighted by Crippen LogP contribution is 2.23. The number of nitrogens with one attached hydrogen (secondary N) is 1. The molecule has 0 bridgehead atoms. The highest BCUT2D eigenvalue weighted by Gasteiger charge is 2.12. The minimum Gasteiger partial charge on any atom is -0.377 e. The van der Waals surface area contributed by atoms with Crippen molar-refractivity contribution in [1.82, 2.24) is 0 Å². The van der Waals surface area contributed by atoms with Crippen LogP contribution in [-0.2, 0) is 0 Å². The first kappa shape index (κ1) is 15.0. The van der Waals surface area contributed by atoms with E-state index in [9.17, 15) is 9.18 Å². The fourth-order valence-electron chi connectivity index (χ4n) is 2.17. The van der Waals surface area contributed by atoms with Crippen molar-refractivity contribution >= 4 is 17.3 Å². The Morgan fingerprint density at radius 1 is 1.10 bits per heavy atom. The minimum absolute atomic E-state index is 0.0487. The molecule has 0 radical (unpaired) electrons. The average molecular weight is 286 g/mol. The molecule has 0 saturated carbocycles. The van der Waals surface area contributed by atoms with E-state index in [0.717, 1.165) is 16.8 Å². The second-order valence-electron chi connectivity index (χ2n) is 5.33. The van der Waals surface area contributed by atoms with Crippen LogP contribution >= 0.6 is 0 Å². The van der Waals surface area contributed by atoms with E-state index in [1.165, 1.54) is 12.1 Å².